The molecule has 1 aromatic heterocycles. The van der Waals surface area contributed by atoms with Crippen LogP contribution in [0.4, 0.5) is 8.78 Å². The Morgan fingerprint density at radius 1 is 1.25 bits per heavy atom. The third kappa shape index (κ3) is 3.51. The predicted molar refractivity (Wildman–Crippen MR) is 115 cm³/mol. The van der Waals surface area contributed by atoms with Crippen molar-refractivity contribution in [3.63, 3.8) is 0 Å². The molecule has 12 heteroatoms. The molecule has 0 bridgehead atoms. The van der Waals surface area contributed by atoms with Crippen LogP contribution in [0.25, 0.3) is 0 Å². The Kier molecular flexibility index (Phi) is 5.11. The molecule has 32 heavy (non-hydrogen) atoms. The molecule has 0 saturated carbocycles. The summed E-state index contributed by atoms with van der Waals surface area (Å²) in [5.74, 6) is -0.428. The number of rotatable bonds is 5. The molecule has 4 heterocycles. The standard InChI is InChI=1S/C20H21ClF2N8O/c21-13-5-6-14(22)12(16(13)23)10-30-7-1-3-11(30)9-20(15-4-2-8-32-15)28-19-27-17(24)26-18(25)31(19)29-20/h2,4-6,8,11,29H,1,3,7,9-10H2,(H4,24,25,26,27,28). The van der Waals surface area contributed by atoms with Gasteiger partial charge >= 0.3 is 0 Å². The molecule has 0 amide bonds. The first-order chi connectivity index (χ1) is 15.4. The number of guanidine groups is 3. The molecular weight excluding hydrogens is 442 g/mol. The van der Waals surface area contributed by atoms with Crippen LogP contribution in [-0.2, 0) is 12.2 Å². The van der Waals surface area contributed by atoms with Crippen LogP contribution in [0.2, 0.25) is 5.02 Å². The van der Waals surface area contributed by atoms with Crippen molar-refractivity contribution in [2.45, 2.75) is 37.5 Å². The molecule has 0 radical (unpaired) electrons. The van der Waals surface area contributed by atoms with E-state index in [2.05, 4.69) is 15.4 Å². The molecule has 3 aliphatic heterocycles. The van der Waals surface area contributed by atoms with Crippen molar-refractivity contribution in [1.82, 2.24) is 15.3 Å². The van der Waals surface area contributed by atoms with Crippen LogP contribution in [0, 0.1) is 11.6 Å². The van der Waals surface area contributed by atoms with Crippen LogP contribution in [0.15, 0.2) is 49.9 Å². The highest BCUT2D eigenvalue weighted by atomic mass is 35.5. The highest BCUT2D eigenvalue weighted by molar-refractivity contribution is 6.30. The van der Waals surface area contributed by atoms with Gasteiger partial charge in [0.25, 0.3) is 0 Å². The van der Waals surface area contributed by atoms with E-state index in [9.17, 15) is 8.78 Å². The van der Waals surface area contributed by atoms with Gasteiger partial charge in [0.15, 0.2) is 5.66 Å². The minimum absolute atomic E-state index is 0.00365. The number of nitrogens with zero attached hydrogens (tertiary/aromatic N) is 5. The summed E-state index contributed by atoms with van der Waals surface area (Å²) in [6, 6.07) is 5.90. The number of nitrogens with two attached hydrogens (primary N) is 2. The average molecular weight is 463 g/mol. The van der Waals surface area contributed by atoms with Crippen molar-refractivity contribution in [3.8, 4) is 0 Å². The lowest BCUT2D eigenvalue weighted by atomic mass is 9.96. The van der Waals surface area contributed by atoms with Crippen LogP contribution < -0.4 is 16.9 Å². The van der Waals surface area contributed by atoms with E-state index in [1.807, 2.05) is 4.90 Å². The Balaban J connectivity index is 1.45. The van der Waals surface area contributed by atoms with Crippen molar-refractivity contribution in [3.05, 3.63) is 58.5 Å². The van der Waals surface area contributed by atoms with Gasteiger partial charge in [-0.1, -0.05) is 11.6 Å². The van der Waals surface area contributed by atoms with Crippen LogP contribution in [-0.4, -0.2) is 40.4 Å². The smallest absolute Gasteiger partial charge is 0.248 e. The van der Waals surface area contributed by atoms with E-state index in [0.29, 0.717) is 18.7 Å². The molecule has 9 nitrogen and oxygen atoms in total. The van der Waals surface area contributed by atoms with Crippen molar-refractivity contribution >= 4 is 29.5 Å². The van der Waals surface area contributed by atoms with Gasteiger partial charge in [0.2, 0.25) is 17.9 Å². The van der Waals surface area contributed by atoms with E-state index in [0.717, 1.165) is 12.8 Å². The molecule has 1 aromatic carbocycles. The Morgan fingerprint density at radius 2 is 2.09 bits per heavy atom. The number of aliphatic imine (C=N–C) groups is 3. The summed E-state index contributed by atoms with van der Waals surface area (Å²) >= 11 is 5.88. The first-order valence-electron chi connectivity index (χ1n) is 10.1. The number of hydrogen-bond acceptors (Lipinski definition) is 9. The monoisotopic (exact) mass is 462 g/mol. The van der Waals surface area contributed by atoms with E-state index in [-0.39, 0.29) is 41.1 Å². The summed E-state index contributed by atoms with van der Waals surface area (Å²) in [5.41, 5.74) is 13.9. The summed E-state index contributed by atoms with van der Waals surface area (Å²) in [4.78, 5) is 14.9. The molecule has 2 atom stereocenters. The highest BCUT2D eigenvalue weighted by Gasteiger charge is 2.48. The lowest BCUT2D eigenvalue weighted by Crippen LogP contribution is -2.55. The Morgan fingerprint density at radius 3 is 2.88 bits per heavy atom. The minimum Gasteiger partial charge on any atom is -0.465 e. The number of benzene rings is 1. The number of fused-ring (bicyclic) bond motifs is 1. The van der Waals surface area contributed by atoms with Crippen molar-refractivity contribution < 1.29 is 13.2 Å². The number of halogens is 3. The highest BCUT2D eigenvalue weighted by Crippen LogP contribution is 2.38. The van der Waals surface area contributed by atoms with Gasteiger partial charge < -0.3 is 15.9 Å². The molecule has 5 N–H and O–H groups in total. The van der Waals surface area contributed by atoms with Gasteiger partial charge in [-0.25, -0.2) is 18.8 Å². The summed E-state index contributed by atoms with van der Waals surface area (Å²) < 4.78 is 34.6. The number of hydrazine groups is 1. The van der Waals surface area contributed by atoms with Crippen LogP contribution >= 0.6 is 11.6 Å². The van der Waals surface area contributed by atoms with Crippen LogP contribution in [0.5, 0.6) is 0 Å². The van der Waals surface area contributed by atoms with E-state index in [1.54, 1.807) is 18.4 Å². The summed E-state index contributed by atoms with van der Waals surface area (Å²) in [7, 11) is 0. The Bertz CT molecular complexity index is 1130. The second-order valence-electron chi connectivity index (χ2n) is 7.93. The van der Waals surface area contributed by atoms with Gasteiger partial charge in [0, 0.05) is 24.6 Å². The predicted octanol–water partition coefficient (Wildman–Crippen LogP) is 2.24. The minimum atomic E-state index is -1.04. The number of furan rings is 1. The fourth-order valence-corrected chi connectivity index (χ4v) is 4.60. The maximum Gasteiger partial charge on any atom is 0.248 e. The SMILES string of the molecule is NC1=NC2=NC(CC3CCCN3Cc3c(F)ccc(Cl)c3F)(c3ccco3)NN2C(N)=N1. The van der Waals surface area contributed by atoms with E-state index in [4.69, 9.17) is 32.5 Å². The fourth-order valence-electron chi connectivity index (χ4n) is 4.42. The Hall–Kier alpha value is -3.02. The second kappa shape index (κ2) is 7.84. The molecule has 168 valence electrons. The van der Waals surface area contributed by atoms with Crippen LogP contribution in [0.1, 0.15) is 30.6 Å². The third-order valence-electron chi connectivity index (χ3n) is 5.92. The van der Waals surface area contributed by atoms with Crippen molar-refractivity contribution in [2.24, 2.45) is 26.4 Å². The van der Waals surface area contributed by atoms with Crippen LogP contribution in [0.3, 0.4) is 0 Å². The molecule has 5 rings (SSSR count). The molecule has 3 aliphatic rings. The third-order valence-corrected chi connectivity index (χ3v) is 6.21. The average Bonchev–Trinajstić information content (AvgIpc) is 3.49. The zero-order chi connectivity index (χ0) is 22.5. The van der Waals surface area contributed by atoms with Gasteiger partial charge in [-0.2, -0.15) is 15.4 Å². The maximum atomic E-state index is 14.5. The summed E-state index contributed by atoms with van der Waals surface area (Å²) in [6.45, 7) is 0.769. The molecule has 0 aliphatic carbocycles. The zero-order valence-electron chi connectivity index (χ0n) is 16.9. The van der Waals surface area contributed by atoms with Gasteiger partial charge in [0.05, 0.1) is 11.3 Å². The Labute approximate surface area is 187 Å². The van der Waals surface area contributed by atoms with Gasteiger partial charge in [0.1, 0.15) is 17.4 Å². The zero-order valence-corrected chi connectivity index (χ0v) is 17.7. The quantitative estimate of drug-likeness (QED) is 0.586. The normalized spacial score (nSPS) is 25.5. The molecule has 0 spiro atoms. The molecule has 2 aromatic rings. The summed E-state index contributed by atoms with van der Waals surface area (Å²) in [5, 5.41) is 1.35. The van der Waals surface area contributed by atoms with Gasteiger partial charge in [-0.15, -0.1) is 0 Å². The van der Waals surface area contributed by atoms with Crippen molar-refractivity contribution in [1.29, 1.82) is 0 Å². The largest absolute Gasteiger partial charge is 0.465 e. The van der Waals surface area contributed by atoms with E-state index < -0.39 is 17.3 Å². The number of likely N-dealkylation sites (tertiary alicyclic amines) is 1. The molecular formula is C20H21ClF2N8O. The molecule has 1 fully saturated rings. The second-order valence-corrected chi connectivity index (χ2v) is 8.34. The summed E-state index contributed by atoms with van der Waals surface area (Å²) in [6.07, 6.45) is 3.67. The fraction of sp³-hybridized carbons (Fsp3) is 0.350. The topological polar surface area (TPSA) is 121 Å². The molecule has 2 unspecified atom stereocenters. The first-order valence-corrected chi connectivity index (χ1v) is 10.5. The van der Waals surface area contributed by atoms with Gasteiger partial charge in [-0.05, 0) is 43.7 Å². The number of nitrogens with one attached hydrogen (secondary N) is 1. The maximum absolute atomic E-state index is 14.5. The lowest BCUT2D eigenvalue weighted by molar-refractivity contribution is 0.145. The van der Waals surface area contributed by atoms with E-state index >= 15 is 0 Å². The van der Waals surface area contributed by atoms with Crippen molar-refractivity contribution in [2.75, 3.05) is 6.54 Å². The molecule has 1 saturated heterocycles. The number of hydrogen-bond donors (Lipinski definition) is 3. The van der Waals surface area contributed by atoms with Gasteiger partial charge in [-0.3, -0.25) is 4.90 Å². The first kappa shape index (κ1) is 20.9. The van der Waals surface area contributed by atoms with E-state index in [1.165, 1.54) is 17.1 Å². The lowest BCUT2D eigenvalue weighted by Gasteiger charge is -2.33.